The maximum atomic E-state index is 11.7. The lowest BCUT2D eigenvalue weighted by Gasteiger charge is -2.16. The van der Waals surface area contributed by atoms with Crippen molar-refractivity contribution in [2.45, 2.75) is 39.5 Å². The first-order valence-corrected chi connectivity index (χ1v) is 6.23. The van der Waals surface area contributed by atoms with Crippen LogP contribution in [0, 0.1) is 11.8 Å². The van der Waals surface area contributed by atoms with Crippen molar-refractivity contribution in [3.05, 3.63) is 0 Å². The molecule has 100 valence electrons. The molecule has 5 nitrogen and oxygen atoms in total. The number of rotatable bonds is 9. The van der Waals surface area contributed by atoms with Crippen LogP contribution in [-0.2, 0) is 9.59 Å². The molecular weight excluding hydrogens is 218 g/mol. The van der Waals surface area contributed by atoms with E-state index in [1.54, 1.807) is 0 Å². The third-order valence-electron chi connectivity index (χ3n) is 2.56. The molecule has 2 amide bonds. The van der Waals surface area contributed by atoms with Crippen LogP contribution in [-0.4, -0.2) is 24.9 Å². The molecule has 5 heteroatoms. The molecule has 0 saturated heterocycles. The highest BCUT2D eigenvalue weighted by atomic mass is 16.2. The van der Waals surface area contributed by atoms with Gasteiger partial charge in [0.2, 0.25) is 11.8 Å². The minimum Gasteiger partial charge on any atom is -0.370 e. The van der Waals surface area contributed by atoms with Gasteiger partial charge in [-0.1, -0.05) is 13.8 Å². The summed E-state index contributed by atoms with van der Waals surface area (Å²) in [5, 5.41) is 2.84. The predicted molar refractivity (Wildman–Crippen MR) is 68.1 cm³/mol. The summed E-state index contributed by atoms with van der Waals surface area (Å²) in [4.78, 5) is 22.2. The topological polar surface area (TPSA) is 98.2 Å². The standard InChI is InChI=1S/C12H25N3O2/c1-9(2)7-10(8-13)12(17)15-6-4-3-5-11(14)16/h9-10H,3-8,13H2,1-2H3,(H2,14,16)(H,15,17). The van der Waals surface area contributed by atoms with Crippen molar-refractivity contribution in [1.29, 1.82) is 0 Å². The van der Waals surface area contributed by atoms with Crippen molar-refractivity contribution in [2.75, 3.05) is 13.1 Å². The van der Waals surface area contributed by atoms with Gasteiger partial charge in [0.15, 0.2) is 0 Å². The number of hydrogen-bond donors (Lipinski definition) is 3. The van der Waals surface area contributed by atoms with Gasteiger partial charge in [-0.2, -0.15) is 0 Å². The van der Waals surface area contributed by atoms with Crippen LogP contribution in [0.4, 0.5) is 0 Å². The van der Waals surface area contributed by atoms with Crippen LogP contribution < -0.4 is 16.8 Å². The van der Waals surface area contributed by atoms with Gasteiger partial charge < -0.3 is 16.8 Å². The number of carbonyl (C=O) groups is 2. The number of nitrogens with one attached hydrogen (secondary N) is 1. The average molecular weight is 243 g/mol. The first kappa shape index (κ1) is 15.9. The van der Waals surface area contributed by atoms with E-state index in [1.165, 1.54) is 0 Å². The van der Waals surface area contributed by atoms with Gasteiger partial charge in [-0.05, 0) is 25.2 Å². The summed E-state index contributed by atoms with van der Waals surface area (Å²) in [6.45, 7) is 5.11. The van der Waals surface area contributed by atoms with E-state index in [9.17, 15) is 9.59 Å². The Morgan fingerprint density at radius 3 is 2.35 bits per heavy atom. The highest BCUT2D eigenvalue weighted by Crippen LogP contribution is 2.10. The first-order chi connectivity index (χ1) is 7.97. The molecule has 0 spiro atoms. The molecule has 1 atom stereocenters. The van der Waals surface area contributed by atoms with E-state index in [0.29, 0.717) is 31.8 Å². The van der Waals surface area contributed by atoms with Crippen molar-refractivity contribution in [3.8, 4) is 0 Å². The summed E-state index contributed by atoms with van der Waals surface area (Å²) in [7, 11) is 0. The number of nitrogens with two attached hydrogens (primary N) is 2. The molecule has 0 heterocycles. The fourth-order valence-electron chi connectivity index (χ4n) is 1.66. The van der Waals surface area contributed by atoms with Crippen molar-refractivity contribution in [3.63, 3.8) is 0 Å². The minimum atomic E-state index is -0.295. The second-order valence-corrected chi connectivity index (χ2v) is 4.78. The van der Waals surface area contributed by atoms with E-state index in [-0.39, 0.29) is 17.7 Å². The van der Waals surface area contributed by atoms with Crippen LogP contribution in [0.15, 0.2) is 0 Å². The minimum absolute atomic E-state index is 0.0141. The SMILES string of the molecule is CC(C)CC(CN)C(=O)NCCCCC(N)=O. The molecule has 0 rings (SSSR count). The van der Waals surface area contributed by atoms with Crippen LogP contribution in [0.25, 0.3) is 0 Å². The molecule has 0 fully saturated rings. The summed E-state index contributed by atoms with van der Waals surface area (Å²) in [5.74, 6) is 0.0755. The lowest BCUT2D eigenvalue weighted by Crippen LogP contribution is -2.36. The van der Waals surface area contributed by atoms with Crippen LogP contribution in [0.3, 0.4) is 0 Å². The lowest BCUT2D eigenvalue weighted by molar-refractivity contribution is -0.125. The normalized spacial score (nSPS) is 12.5. The Bertz CT molecular complexity index is 242. The molecule has 17 heavy (non-hydrogen) atoms. The Kier molecular flexibility index (Phi) is 8.40. The molecule has 0 aromatic heterocycles. The molecule has 5 N–H and O–H groups in total. The van der Waals surface area contributed by atoms with E-state index < -0.39 is 0 Å². The second kappa shape index (κ2) is 8.98. The fraction of sp³-hybridized carbons (Fsp3) is 0.833. The monoisotopic (exact) mass is 243 g/mol. The Labute approximate surface area is 103 Å². The number of carbonyl (C=O) groups excluding carboxylic acids is 2. The molecule has 0 aromatic rings. The first-order valence-electron chi connectivity index (χ1n) is 6.23. The van der Waals surface area contributed by atoms with E-state index in [0.717, 1.165) is 12.8 Å². The van der Waals surface area contributed by atoms with E-state index in [4.69, 9.17) is 11.5 Å². The highest BCUT2D eigenvalue weighted by Gasteiger charge is 2.17. The van der Waals surface area contributed by atoms with Crippen molar-refractivity contribution >= 4 is 11.8 Å². The number of unbranched alkanes of at least 4 members (excludes halogenated alkanes) is 1. The smallest absolute Gasteiger partial charge is 0.224 e. The van der Waals surface area contributed by atoms with Gasteiger partial charge in [0.25, 0.3) is 0 Å². The number of hydrogen-bond acceptors (Lipinski definition) is 3. The molecule has 0 aromatic carbocycles. The number of primary amides is 1. The Hall–Kier alpha value is -1.10. The largest absolute Gasteiger partial charge is 0.370 e. The maximum absolute atomic E-state index is 11.7. The quantitative estimate of drug-likeness (QED) is 0.510. The Morgan fingerprint density at radius 2 is 1.88 bits per heavy atom. The van der Waals surface area contributed by atoms with Gasteiger partial charge in [0.05, 0.1) is 5.92 Å². The highest BCUT2D eigenvalue weighted by molar-refractivity contribution is 5.78. The zero-order valence-electron chi connectivity index (χ0n) is 10.9. The third kappa shape index (κ3) is 8.68. The molecule has 1 unspecified atom stereocenters. The van der Waals surface area contributed by atoms with E-state index >= 15 is 0 Å². The van der Waals surface area contributed by atoms with Crippen LogP contribution in [0.2, 0.25) is 0 Å². The van der Waals surface area contributed by atoms with Gasteiger partial charge in [-0.15, -0.1) is 0 Å². The van der Waals surface area contributed by atoms with Gasteiger partial charge >= 0.3 is 0 Å². The summed E-state index contributed by atoms with van der Waals surface area (Å²) >= 11 is 0. The van der Waals surface area contributed by atoms with Gasteiger partial charge in [-0.25, -0.2) is 0 Å². The van der Waals surface area contributed by atoms with Gasteiger partial charge in [-0.3, -0.25) is 9.59 Å². The molecule has 0 radical (unpaired) electrons. The Morgan fingerprint density at radius 1 is 1.24 bits per heavy atom. The predicted octanol–water partition coefficient (Wildman–Crippen LogP) is 0.379. The van der Waals surface area contributed by atoms with Crippen molar-refractivity contribution in [1.82, 2.24) is 5.32 Å². The summed E-state index contributed by atoms with van der Waals surface area (Å²) < 4.78 is 0. The molecular formula is C12H25N3O2. The third-order valence-corrected chi connectivity index (χ3v) is 2.56. The molecule has 0 bridgehead atoms. The summed E-state index contributed by atoms with van der Waals surface area (Å²) in [5.41, 5.74) is 10.6. The molecule has 0 aliphatic rings. The summed E-state index contributed by atoms with van der Waals surface area (Å²) in [6, 6.07) is 0. The van der Waals surface area contributed by atoms with Crippen LogP contribution in [0.1, 0.15) is 39.5 Å². The van der Waals surface area contributed by atoms with Crippen molar-refractivity contribution < 1.29 is 9.59 Å². The number of amides is 2. The van der Waals surface area contributed by atoms with Crippen molar-refractivity contribution in [2.24, 2.45) is 23.3 Å². The maximum Gasteiger partial charge on any atom is 0.224 e. The second-order valence-electron chi connectivity index (χ2n) is 4.78. The van der Waals surface area contributed by atoms with E-state index in [1.807, 2.05) is 0 Å². The van der Waals surface area contributed by atoms with Gasteiger partial charge in [0, 0.05) is 19.5 Å². The average Bonchev–Trinajstić information content (AvgIpc) is 2.24. The lowest BCUT2D eigenvalue weighted by atomic mass is 9.96. The zero-order valence-corrected chi connectivity index (χ0v) is 10.9. The Balaban J connectivity index is 3.72. The van der Waals surface area contributed by atoms with Crippen LogP contribution in [0.5, 0.6) is 0 Å². The molecule has 0 aliphatic heterocycles. The van der Waals surface area contributed by atoms with Crippen LogP contribution >= 0.6 is 0 Å². The molecule has 0 aliphatic carbocycles. The van der Waals surface area contributed by atoms with E-state index in [2.05, 4.69) is 19.2 Å². The molecule has 0 saturated carbocycles. The zero-order chi connectivity index (χ0) is 13.3. The summed E-state index contributed by atoms with van der Waals surface area (Å²) in [6.07, 6.45) is 2.67. The fourth-order valence-corrected chi connectivity index (χ4v) is 1.66. The van der Waals surface area contributed by atoms with Gasteiger partial charge in [0.1, 0.15) is 0 Å².